The number of rotatable bonds is 46. The number of likely N-dealkylation sites (tertiary alicyclic amines) is 1. The molecule has 2 saturated carbocycles. The van der Waals surface area contributed by atoms with Crippen LogP contribution in [-0.2, 0) is 73.0 Å². The summed E-state index contributed by atoms with van der Waals surface area (Å²) in [6.07, 6.45) is 7.82. The van der Waals surface area contributed by atoms with Gasteiger partial charge in [0.1, 0.15) is 23.6 Å². The molecule has 0 spiro atoms. The van der Waals surface area contributed by atoms with E-state index in [0.29, 0.717) is 195 Å². The molecule has 0 radical (unpaired) electrons. The molecule has 5 amide bonds. The van der Waals surface area contributed by atoms with Crippen LogP contribution in [0.3, 0.4) is 0 Å². The van der Waals surface area contributed by atoms with Gasteiger partial charge >= 0.3 is 6.03 Å². The summed E-state index contributed by atoms with van der Waals surface area (Å²) in [5.74, 6) is -2.00. The number of aromatic nitrogens is 2. The van der Waals surface area contributed by atoms with Gasteiger partial charge in [-0.15, -0.1) is 0 Å². The first-order valence-electron chi connectivity index (χ1n) is 30.9. The number of hydrogen-bond donors (Lipinski definition) is 3. The number of piperidine rings is 1. The fraction of sp³-hybridized carbons (Fsp3) is 0.787. The quantitative estimate of drug-likeness (QED) is 0.0671. The average molecular weight is 1210 g/mol. The summed E-state index contributed by atoms with van der Waals surface area (Å²) in [6.45, 7) is 21.8. The van der Waals surface area contributed by atoms with E-state index >= 15 is 4.39 Å². The lowest BCUT2D eigenvalue weighted by atomic mass is 9.79. The Morgan fingerprint density at radius 3 is 1.56 bits per heavy atom. The Labute approximate surface area is 503 Å². The maximum atomic E-state index is 16.2. The molecule has 2 heterocycles. The van der Waals surface area contributed by atoms with Crippen molar-refractivity contribution in [1.29, 1.82) is 0 Å². The van der Waals surface area contributed by atoms with Crippen LogP contribution >= 0.6 is 0 Å². The normalized spacial score (nSPS) is 18.1. The number of methoxy groups -OCH3 is 1. The maximum absolute atomic E-state index is 16.2. The summed E-state index contributed by atoms with van der Waals surface area (Å²) in [5.41, 5.74) is 0.286. The minimum absolute atomic E-state index is 0.0475. The molecule has 5 rings (SSSR count). The van der Waals surface area contributed by atoms with Crippen molar-refractivity contribution in [3.63, 3.8) is 0 Å². The predicted molar refractivity (Wildman–Crippen MR) is 316 cm³/mol. The van der Waals surface area contributed by atoms with Gasteiger partial charge in [0.05, 0.1) is 157 Å². The van der Waals surface area contributed by atoms with Crippen molar-refractivity contribution >= 4 is 29.4 Å². The summed E-state index contributed by atoms with van der Waals surface area (Å²) < 4.78 is 84.7. The van der Waals surface area contributed by atoms with Crippen molar-refractivity contribution in [3.05, 3.63) is 47.5 Å². The summed E-state index contributed by atoms with van der Waals surface area (Å²) in [6, 6.07) is 3.91. The Morgan fingerprint density at radius 1 is 0.659 bits per heavy atom. The predicted octanol–water partition coefficient (Wildman–Crippen LogP) is 5.73. The Bertz CT molecular complexity index is 2180. The first kappa shape index (κ1) is 71.3. The largest absolute Gasteiger partial charge is 0.382 e. The van der Waals surface area contributed by atoms with E-state index in [2.05, 4.69) is 41.8 Å². The molecule has 3 N–H and O–H groups in total. The van der Waals surface area contributed by atoms with E-state index in [-0.39, 0.29) is 35.5 Å². The number of urea groups is 1. The number of hydrogen-bond acceptors (Lipinski definition) is 17. The van der Waals surface area contributed by atoms with Crippen molar-refractivity contribution in [2.75, 3.05) is 178 Å². The number of ether oxygens (including phenoxy) is 12. The first-order chi connectivity index (χ1) is 41.3. The number of nitrogens with zero attached hydrogens (tertiary/aromatic N) is 4. The number of aryl methyl sites for hydroxylation is 1. The van der Waals surface area contributed by atoms with Gasteiger partial charge in [0, 0.05) is 51.9 Å². The maximum Gasteiger partial charge on any atom is 0.318 e. The second kappa shape index (κ2) is 40.9. The zero-order valence-electron chi connectivity index (χ0n) is 52.0. The molecule has 1 saturated heterocycles. The molecule has 2 aromatic rings. The van der Waals surface area contributed by atoms with Gasteiger partial charge in [-0.3, -0.25) is 19.1 Å². The second-order valence-corrected chi connectivity index (χ2v) is 22.3. The molecule has 3 aliphatic rings. The van der Waals surface area contributed by atoms with Crippen LogP contribution in [0.25, 0.3) is 0 Å². The number of carbonyl (C=O) groups excluding carboxylic acids is 4. The van der Waals surface area contributed by atoms with Crippen molar-refractivity contribution in [2.45, 2.75) is 122 Å². The highest BCUT2D eigenvalue weighted by atomic mass is 19.1. The van der Waals surface area contributed by atoms with Gasteiger partial charge < -0.3 is 82.6 Å². The molecule has 1 aliphatic heterocycles. The molecule has 484 valence electrons. The lowest BCUT2D eigenvalue weighted by molar-refractivity contribution is -0.148. The molecular weight excluding hydrogens is 1110 g/mol. The lowest BCUT2D eigenvalue weighted by Gasteiger charge is -2.45. The van der Waals surface area contributed by atoms with E-state index in [1.807, 2.05) is 6.92 Å². The van der Waals surface area contributed by atoms with Gasteiger partial charge in [-0.05, 0) is 87.0 Å². The Kier molecular flexibility index (Phi) is 34.3. The first-order valence-corrected chi connectivity index (χ1v) is 30.9. The van der Waals surface area contributed by atoms with Gasteiger partial charge in [0.25, 0.3) is 5.91 Å². The third-order valence-electron chi connectivity index (χ3n) is 16.0. The molecule has 1 aromatic heterocycles. The highest BCUT2D eigenvalue weighted by Crippen LogP contribution is 2.36. The molecule has 3 fully saturated rings. The number of carbonyl (C=O) groups is 4. The van der Waals surface area contributed by atoms with E-state index in [0.717, 1.165) is 38.5 Å². The highest BCUT2D eigenvalue weighted by Gasteiger charge is 2.43. The van der Waals surface area contributed by atoms with Crippen molar-refractivity contribution in [2.24, 2.45) is 17.8 Å². The number of amides is 5. The third kappa shape index (κ3) is 26.0. The van der Waals surface area contributed by atoms with Crippen molar-refractivity contribution < 1.29 is 80.4 Å². The van der Waals surface area contributed by atoms with Gasteiger partial charge in [-0.1, -0.05) is 46.6 Å². The number of halogens is 1. The summed E-state index contributed by atoms with van der Waals surface area (Å²) in [7, 11) is 3.36. The van der Waals surface area contributed by atoms with Crippen LogP contribution in [0.1, 0.15) is 108 Å². The summed E-state index contributed by atoms with van der Waals surface area (Å²) in [4.78, 5) is 59.1. The molecule has 23 nitrogen and oxygen atoms in total. The van der Waals surface area contributed by atoms with Crippen LogP contribution in [-0.4, -0.2) is 240 Å². The Balaban J connectivity index is 0.934. The van der Waals surface area contributed by atoms with E-state index < -0.39 is 41.2 Å². The monoisotopic (exact) mass is 1210 g/mol. The Hall–Kier alpha value is -4.44. The number of benzene rings is 1. The number of nitrogens with one attached hydrogen (secondary N) is 3. The molecule has 3 atom stereocenters. The fourth-order valence-corrected chi connectivity index (χ4v) is 10.3. The third-order valence-corrected chi connectivity index (χ3v) is 16.0. The summed E-state index contributed by atoms with van der Waals surface area (Å²) in [5, 5.41) is 12.9. The minimum atomic E-state index is -1.01. The van der Waals surface area contributed by atoms with Crippen LogP contribution < -0.4 is 16.0 Å². The SMILES string of the molecule is CCn1nccc1C(=O)N[C@H](C(=O)Nc1ccc([C@H](C)[C@@H](NC(=O)N(C)C2CC2)C(=O)N2CCC(OCCOCCOCCOCCOCCOCCOCCOCCOCCOCCOCCOC)(C(C)C)CC2)cc1F)C1CCC(C)CC1. The van der Waals surface area contributed by atoms with Gasteiger partial charge in [-0.2, -0.15) is 5.10 Å². The minimum Gasteiger partial charge on any atom is -0.382 e. The van der Waals surface area contributed by atoms with Gasteiger partial charge in [-0.25, -0.2) is 9.18 Å². The zero-order chi connectivity index (χ0) is 61.1. The van der Waals surface area contributed by atoms with Crippen LogP contribution in [0.15, 0.2) is 30.5 Å². The standard InChI is InChI=1S/C61H102FN7O16/c1-8-69-54(17-20-63-69)57(70)65-56(49-11-9-47(4)10-12-49)58(71)64-53-16-13-50(45-52(53)62)48(5)55(66-60(73)67(6)51-14-15-51)59(72)68-21-18-61(19-22-68,46(2)3)85-44-43-84-42-41-83-40-39-82-38-37-81-36-35-80-34-33-79-32-31-78-30-29-77-28-27-76-26-25-75-24-23-74-7/h13,16-17,20,45-49,51,55-56H,8-12,14-15,18-19,21-44H2,1-7H3,(H,64,71)(H,65,70)(H,66,73)/t47?,48-,49?,55+,56-/m0/s1. The Morgan fingerprint density at radius 2 is 1.13 bits per heavy atom. The molecule has 85 heavy (non-hydrogen) atoms. The van der Waals surface area contributed by atoms with Gasteiger partial charge in [0.15, 0.2) is 0 Å². The molecule has 0 bridgehead atoms. The second-order valence-electron chi connectivity index (χ2n) is 22.3. The number of anilines is 1. The van der Waals surface area contributed by atoms with Crippen LogP contribution in [0.2, 0.25) is 0 Å². The van der Waals surface area contributed by atoms with E-state index in [9.17, 15) is 19.2 Å². The zero-order valence-corrected chi connectivity index (χ0v) is 52.0. The molecule has 1 aromatic carbocycles. The topological polar surface area (TPSA) is 239 Å². The van der Waals surface area contributed by atoms with Gasteiger partial charge in [0.2, 0.25) is 11.8 Å². The molecule has 2 aliphatic carbocycles. The lowest BCUT2D eigenvalue weighted by Crippen LogP contribution is -2.58. The fourth-order valence-electron chi connectivity index (χ4n) is 10.3. The van der Waals surface area contributed by atoms with Crippen molar-refractivity contribution in [1.82, 2.24) is 30.2 Å². The van der Waals surface area contributed by atoms with E-state index in [1.165, 1.54) is 12.1 Å². The average Bonchev–Trinajstić information content (AvgIpc) is 4.38. The van der Waals surface area contributed by atoms with Crippen LogP contribution in [0.4, 0.5) is 14.9 Å². The van der Waals surface area contributed by atoms with Crippen LogP contribution in [0.5, 0.6) is 0 Å². The van der Waals surface area contributed by atoms with Crippen LogP contribution in [0, 0.1) is 23.6 Å². The summed E-state index contributed by atoms with van der Waals surface area (Å²) >= 11 is 0. The molecular formula is C61H102FN7O16. The molecule has 0 unspecified atom stereocenters. The van der Waals surface area contributed by atoms with E-state index in [1.54, 1.807) is 53.9 Å². The highest BCUT2D eigenvalue weighted by molar-refractivity contribution is 6.00. The smallest absolute Gasteiger partial charge is 0.318 e. The van der Waals surface area contributed by atoms with Crippen molar-refractivity contribution in [3.8, 4) is 0 Å². The molecule has 24 heteroatoms. The van der Waals surface area contributed by atoms with E-state index in [4.69, 9.17) is 56.8 Å².